The monoisotopic (exact) mass is 598 g/mol. The van der Waals surface area contributed by atoms with Crippen LogP contribution in [0.4, 0.5) is 0 Å². The third kappa shape index (κ3) is 9.56. The number of carbonyl (C=O) groups is 5. The average molecular weight is 599 g/mol. The number of rotatable bonds is 13. The van der Waals surface area contributed by atoms with Crippen molar-refractivity contribution in [3.8, 4) is 5.75 Å². The SMILES string of the molecule is CC(C)C[C@H](NC(=O)c1cc2c(OC(C)C)cccc2[nH]1)C(=O)N[C@@H](C[C@@H]1CCCNC1=O)C(=O)COC(=O)C(C)(C)C. The summed E-state index contributed by atoms with van der Waals surface area (Å²) in [6.07, 6.45) is 1.65. The molecule has 236 valence electrons. The van der Waals surface area contributed by atoms with Gasteiger partial charge in [0, 0.05) is 23.4 Å². The molecule has 0 aliphatic carbocycles. The highest BCUT2D eigenvalue weighted by Gasteiger charge is 2.34. The number of aromatic amines is 1. The van der Waals surface area contributed by atoms with Crippen molar-refractivity contribution in [1.29, 1.82) is 0 Å². The zero-order valence-corrected chi connectivity index (χ0v) is 26.3. The Balaban J connectivity index is 1.79. The van der Waals surface area contributed by atoms with Gasteiger partial charge in [0.05, 0.1) is 17.6 Å². The molecule has 1 aliphatic heterocycles. The summed E-state index contributed by atoms with van der Waals surface area (Å²) in [5.74, 6) is -2.10. The molecule has 3 amide bonds. The first kappa shape index (κ1) is 33.6. The lowest BCUT2D eigenvalue weighted by Crippen LogP contribution is -2.54. The van der Waals surface area contributed by atoms with Crippen LogP contribution < -0.4 is 20.7 Å². The molecule has 0 bridgehead atoms. The number of ether oxygens (including phenoxy) is 2. The highest BCUT2D eigenvalue weighted by atomic mass is 16.5. The Morgan fingerprint density at radius 3 is 2.40 bits per heavy atom. The summed E-state index contributed by atoms with van der Waals surface area (Å²) in [7, 11) is 0. The lowest BCUT2D eigenvalue weighted by Gasteiger charge is -2.28. The number of benzene rings is 1. The average Bonchev–Trinajstić information content (AvgIpc) is 3.36. The van der Waals surface area contributed by atoms with Crippen molar-refractivity contribution in [1.82, 2.24) is 20.9 Å². The fourth-order valence-corrected chi connectivity index (χ4v) is 4.89. The summed E-state index contributed by atoms with van der Waals surface area (Å²) in [6.45, 7) is 12.7. The Kier molecular flexibility index (Phi) is 11.4. The summed E-state index contributed by atoms with van der Waals surface area (Å²) in [5, 5.41) is 9.12. The van der Waals surface area contributed by atoms with Gasteiger partial charge in [-0.25, -0.2) is 0 Å². The van der Waals surface area contributed by atoms with Crippen LogP contribution in [0.15, 0.2) is 24.3 Å². The summed E-state index contributed by atoms with van der Waals surface area (Å²) >= 11 is 0. The molecule has 1 aliphatic rings. The minimum absolute atomic E-state index is 0.0378. The van der Waals surface area contributed by atoms with E-state index in [1.54, 1.807) is 26.8 Å². The molecule has 1 fully saturated rings. The molecule has 0 spiro atoms. The van der Waals surface area contributed by atoms with Crippen LogP contribution in [-0.2, 0) is 23.9 Å². The second kappa shape index (κ2) is 14.5. The van der Waals surface area contributed by atoms with Crippen LogP contribution >= 0.6 is 0 Å². The normalized spacial score (nSPS) is 16.9. The molecule has 11 heteroatoms. The molecule has 3 rings (SSSR count). The topological polar surface area (TPSA) is 156 Å². The molecular formula is C32H46N4O7. The van der Waals surface area contributed by atoms with Crippen molar-refractivity contribution in [3.05, 3.63) is 30.0 Å². The molecule has 1 saturated heterocycles. The number of fused-ring (bicyclic) bond motifs is 1. The number of Topliss-reactive ketones (excluding diaryl/α,β-unsaturated/α-hetero) is 1. The van der Waals surface area contributed by atoms with Crippen molar-refractivity contribution in [3.63, 3.8) is 0 Å². The van der Waals surface area contributed by atoms with Gasteiger partial charge in [-0.2, -0.15) is 0 Å². The zero-order chi connectivity index (χ0) is 31.9. The van der Waals surface area contributed by atoms with Crippen LogP contribution in [0.5, 0.6) is 5.75 Å². The van der Waals surface area contributed by atoms with Crippen LogP contribution in [0.3, 0.4) is 0 Å². The number of piperidine rings is 1. The second-order valence-corrected chi connectivity index (χ2v) is 12.9. The molecule has 4 N–H and O–H groups in total. The van der Waals surface area contributed by atoms with Gasteiger partial charge in [0.25, 0.3) is 5.91 Å². The maximum Gasteiger partial charge on any atom is 0.311 e. The minimum Gasteiger partial charge on any atom is -0.490 e. The quantitative estimate of drug-likeness (QED) is 0.257. The molecule has 0 unspecified atom stereocenters. The summed E-state index contributed by atoms with van der Waals surface area (Å²) in [6, 6.07) is 5.14. The smallest absolute Gasteiger partial charge is 0.311 e. The van der Waals surface area contributed by atoms with Crippen molar-refractivity contribution in [2.45, 2.75) is 92.3 Å². The number of hydrogen-bond acceptors (Lipinski definition) is 7. The highest BCUT2D eigenvalue weighted by Crippen LogP contribution is 2.27. The fourth-order valence-electron chi connectivity index (χ4n) is 4.89. The lowest BCUT2D eigenvalue weighted by atomic mass is 9.89. The summed E-state index contributed by atoms with van der Waals surface area (Å²) < 4.78 is 11.1. The standard InChI is InChI=1S/C32H46N4O7/c1-18(2)14-24(36-30(40)25-16-21-22(34-25)11-8-12-27(21)43-19(3)4)29(39)35-23(15-20-10-9-13-33-28(20)38)26(37)17-42-31(41)32(5,6)7/h8,11-12,16,18-20,23-24,34H,9-10,13-15,17H2,1-7H3,(H,33,38)(H,35,39)(H,36,40)/t20-,23-,24-/m0/s1. The lowest BCUT2D eigenvalue weighted by molar-refractivity contribution is -0.156. The van der Waals surface area contributed by atoms with E-state index in [-0.39, 0.29) is 30.0 Å². The van der Waals surface area contributed by atoms with E-state index in [0.29, 0.717) is 25.1 Å². The predicted molar refractivity (Wildman–Crippen MR) is 162 cm³/mol. The third-order valence-electron chi connectivity index (χ3n) is 7.14. The van der Waals surface area contributed by atoms with Gasteiger partial charge in [0.2, 0.25) is 11.8 Å². The Bertz CT molecular complexity index is 1320. The first-order valence-corrected chi connectivity index (χ1v) is 15.0. The van der Waals surface area contributed by atoms with E-state index in [1.807, 2.05) is 45.9 Å². The van der Waals surface area contributed by atoms with Crippen LogP contribution in [0.25, 0.3) is 10.9 Å². The van der Waals surface area contributed by atoms with Crippen molar-refractivity contribution in [2.75, 3.05) is 13.2 Å². The predicted octanol–water partition coefficient (Wildman–Crippen LogP) is 3.66. The summed E-state index contributed by atoms with van der Waals surface area (Å²) in [5.41, 5.74) is 0.172. The van der Waals surface area contributed by atoms with Gasteiger partial charge in [-0.1, -0.05) is 19.9 Å². The number of aromatic nitrogens is 1. The number of esters is 1. The Hall–Kier alpha value is -3.89. The van der Waals surface area contributed by atoms with Crippen molar-refractivity contribution in [2.24, 2.45) is 17.3 Å². The first-order valence-electron chi connectivity index (χ1n) is 15.0. The van der Waals surface area contributed by atoms with Crippen LogP contribution in [-0.4, -0.2) is 65.8 Å². The molecule has 1 aromatic carbocycles. The van der Waals surface area contributed by atoms with Crippen LogP contribution in [0.2, 0.25) is 0 Å². The Morgan fingerprint density at radius 1 is 1.05 bits per heavy atom. The Labute approximate surface area is 253 Å². The van der Waals surface area contributed by atoms with Gasteiger partial charge in [0.15, 0.2) is 12.4 Å². The minimum atomic E-state index is -1.08. The van der Waals surface area contributed by atoms with E-state index in [0.717, 1.165) is 17.3 Å². The number of H-pyrrole nitrogens is 1. The molecule has 11 nitrogen and oxygen atoms in total. The number of amides is 3. The Morgan fingerprint density at radius 2 is 1.77 bits per heavy atom. The van der Waals surface area contributed by atoms with Gasteiger partial charge in [-0.05, 0) is 84.4 Å². The molecule has 3 atom stereocenters. The largest absolute Gasteiger partial charge is 0.490 e. The molecular weight excluding hydrogens is 552 g/mol. The number of nitrogens with one attached hydrogen (secondary N) is 4. The molecule has 0 radical (unpaired) electrons. The van der Waals surface area contributed by atoms with Crippen LogP contribution in [0.1, 0.15) is 84.6 Å². The van der Waals surface area contributed by atoms with E-state index >= 15 is 0 Å². The maximum atomic E-state index is 13.6. The highest BCUT2D eigenvalue weighted by molar-refractivity contribution is 6.02. The van der Waals surface area contributed by atoms with Crippen molar-refractivity contribution < 1.29 is 33.4 Å². The van der Waals surface area contributed by atoms with Gasteiger partial charge < -0.3 is 30.4 Å². The van der Waals surface area contributed by atoms with E-state index in [9.17, 15) is 24.0 Å². The van der Waals surface area contributed by atoms with Crippen molar-refractivity contribution >= 4 is 40.4 Å². The maximum absolute atomic E-state index is 13.6. The van der Waals surface area contributed by atoms with Crippen LogP contribution in [0, 0.1) is 17.3 Å². The van der Waals surface area contributed by atoms with E-state index in [1.165, 1.54) is 0 Å². The van der Waals surface area contributed by atoms with E-state index in [2.05, 4.69) is 20.9 Å². The second-order valence-electron chi connectivity index (χ2n) is 12.9. The molecule has 1 aromatic heterocycles. The molecule has 2 heterocycles. The van der Waals surface area contributed by atoms with E-state index < -0.39 is 53.6 Å². The van der Waals surface area contributed by atoms with Gasteiger partial charge in [-0.3, -0.25) is 24.0 Å². The van der Waals surface area contributed by atoms with E-state index in [4.69, 9.17) is 9.47 Å². The van der Waals surface area contributed by atoms with Gasteiger partial charge in [0.1, 0.15) is 17.5 Å². The summed E-state index contributed by atoms with van der Waals surface area (Å²) in [4.78, 5) is 68.1. The molecule has 43 heavy (non-hydrogen) atoms. The van der Waals surface area contributed by atoms with Gasteiger partial charge >= 0.3 is 5.97 Å². The molecule has 0 saturated carbocycles. The number of carbonyl (C=O) groups excluding carboxylic acids is 5. The first-order chi connectivity index (χ1) is 20.1. The number of hydrogen-bond donors (Lipinski definition) is 4. The number of ketones is 1. The fraction of sp³-hybridized carbons (Fsp3) is 0.594. The van der Waals surface area contributed by atoms with Gasteiger partial charge in [-0.15, -0.1) is 0 Å². The molecule has 2 aromatic rings. The third-order valence-corrected chi connectivity index (χ3v) is 7.14. The zero-order valence-electron chi connectivity index (χ0n) is 26.3.